The van der Waals surface area contributed by atoms with Crippen molar-refractivity contribution in [1.29, 1.82) is 0 Å². The number of amides is 1. The van der Waals surface area contributed by atoms with Crippen LogP contribution in [0.3, 0.4) is 0 Å². The number of hydrogen-bond acceptors (Lipinski definition) is 7. The van der Waals surface area contributed by atoms with Crippen LogP contribution >= 0.6 is 0 Å². The first-order valence-electron chi connectivity index (χ1n) is 11.7. The number of aryl methyl sites for hydroxylation is 2. The van der Waals surface area contributed by atoms with E-state index in [1.54, 1.807) is 11.6 Å². The van der Waals surface area contributed by atoms with E-state index in [-0.39, 0.29) is 24.3 Å². The third kappa shape index (κ3) is 5.63. The average molecular weight is 485 g/mol. The lowest BCUT2D eigenvalue weighted by Gasteiger charge is -2.31. The van der Waals surface area contributed by atoms with E-state index < -0.39 is 17.2 Å². The standard InChI is InChI=1S/C24H32N6O5/c1-27(18-7-10-34-11-8-18)9-12-35-19-6-4-5-17(13-19)14-25-20(31)15-30-23(32)21-22(26-16-28(21)2)29(3)24(30)33/h4-6,13,16,18H,7-12,14-15H2,1-3H3,(H,25,31). The van der Waals surface area contributed by atoms with E-state index in [0.29, 0.717) is 12.6 Å². The van der Waals surface area contributed by atoms with Crippen molar-refractivity contribution in [3.05, 3.63) is 57.0 Å². The van der Waals surface area contributed by atoms with Crippen molar-refractivity contribution in [2.24, 2.45) is 14.1 Å². The number of rotatable bonds is 9. The zero-order chi connectivity index (χ0) is 24.9. The van der Waals surface area contributed by atoms with E-state index in [1.807, 2.05) is 24.3 Å². The zero-order valence-corrected chi connectivity index (χ0v) is 20.4. The molecule has 1 fully saturated rings. The van der Waals surface area contributed by atoms with Gasteiger partial charge in [-0.2, -0.15) is 0 Å². The van der Waals surface area contributed by atoms with Crippen LogP contribution in [0.2, 0.25) is 0 Å². The molecule has 3 aromatic rings. The van der Waals surface area contributed by atoms with Crippen LogP contribution in [0.5, 0.6) is 5.75 Å². The van der Waals surface area contributed by atoms with E-state index in [0.717, 1.165) is 48.5 Å². The highest BCUT2D eigenvalue weighted by Gasteiger charge is 2.18. The lowest BCUT2D eigenvalue weighted by molar-refractivity contribution is -0.121. The van der Waals surface area contributed by atoms with E-state index >= 15 is 0 Å². The van der Waals surface area contributed by atoms with Gasteiger partial charge < -0.3 is 19.4 Å². The van der Waals surface area contributed by atoms with Crippen LogP contribution in [0.15, 0.2) is 40.2 Å². The Kier molecular flexibility index (Phi) is 7.67. The van der Waals surface area contributed by atoms with Crippen molar-refractivity contribution < 1.29 is 14.3 Å². The fourth-order valence-electron chi connectivity index (χ4n) is 4.30. The fraction of sp³-hybridized carbons (Fsp3) is 0.500. The number of aromatic nitrogens is 4. The first-order chi connectivity index (χ1) is 16.8. The van der Waals surface area contributed by atoms with Gasteiger partial charge in [0, 0.05) is 46.4 Å². The Labute approximate surface area is 202 Å². The Bertz CT molecular complexity index is 1300. The monoisotopic (exact) mass is 484 g/mol. The summed E-state index contributed by atoms with van der Waals surface area (Å²) in [5, 5.41) is 2.78. The van der Waals surface area contributed by atoms with Gasteiger partial charge in [-0.25, -0.2) is 14.3 Å². The fourth-order valence-corrected chi connectivity index (χ4v) is 4.30. The number of nitrogens with one attached hydrogen (secondary N) is 1. The predicted molar refractivity (Wildman–Crippen MR) is 130 cm³/mol. The van der Waals surface area contributed by atoms with Crippen molar-refractivity contribution >= 4 is 17.1 Å². The molecule has 0 unspecified atom stereocenters. The van der Waals surface area contributed by atoms with Crippen LogP contribution in [-0.2, 0) is 36.7 Å². The molecule has 1 aromatic carbocycles. The number of benzene rings is 1. The van der Waals surface area contributed by atoms with Gasteiger partial charge in [-0.15, -0.1) is 0 Å². The van der Waals surface area contributed by atoms with E-state index in [4.69, 9.17) is 9.47 Å². The summed E-state index contributed by atoms with van der Waals surface area (Å²) >= 11 is 0. The molecular weight excluding hydrogens is 452 g/mol. The number of imidazole rings is 1. The highest BCUT2D eigenvalue weighted by Crippen LogP contribution is 2.15. The maximum atomic E-state index is 12.8. The highest BCUT2D eigenvalue weighted by atomic mass is 16.5. The summed E-state index contributed by atoms with van der Waals surface area (Å²) in [5.41, 5.74) is 0.287. The summed E-state index contributed by atoms with van der Waals surface area (Å²) in [4.78, 5) is 44.3. The third-order valence-electron chi connectivity index (χ3n) is 6.42. The van der Waals surface area contributed by atoms with Crippen LogP contribution in [-0.4, -0.2) is 68.9 Å². The molecule has 0 bridgehead atoms. The van der Waals surface area contributed by atoms with Gasteiger partial charge >= 0.3 is 5.69 Å². The van der Waals surface area contributed by atoms with Crippen molar-refractivity contribution in [2.75, 3.05) is 33.4 Å². The number of fused-ring (bicyclic) bond motifs is 1. The average Bonchev–Trinajstić information content (AvgIpc) is 3.26. The smallest absolute Gasteiger partial charge is 0.332 e. The largest absolute Gasteiger partial charge is 0.492 e. The molecule has 0 aliphatic carbocycles. The van der Waals surface area contributed by atoms with Gasteiger partial charge in [-0.05, 0) is 37.6 Å². The van der Waals surface area contributed by atoms with E-state index in [2.05, 4.69) is 22.2 Å². The van der Waals surface area contributed by atoms with Gasteiger partial charge in [0.2, 0.25) is 5.91 Å². The van der Waals surface area contributed by atoms with Crippen LogP contribution in [0, 0.1) is 0 Å². The second-order valence-corrected chi connectivity index (χ2v) is 8.86. The summed E-state index contributed by atoms with van der Waals surface area (Å²) in [6.45, 7) is 2.88. The lowest BCUT2D eigenvalue weighted by Crippen LogP contribution is -2.43. The molecule has 0 radical (unpaired) electrons. The van der Waals surface area contributed by atoms with Gasteiger partial charge in [0.05, 0.1) is 6.33 Å². The maximum absolute atomic E-state index is 12.8. The molecule has 11 nitrogen and oxygen atoms in total. The summed E-state index contributed by atoms with van der Waals surface area (Å²) in [6.07, 6.45) is 3.55. The molecule has 4 rings (SSSR count). The normalized spacial score (nSPS) is 14.5. The minimum absolute atomic E-state index is 0.251. The quantitative estimate of drug-likeness (QED) is 0.463. The van der Waals surface area contributed by atoms with Crippen molar-refractivity contribution in [3.8, 4) is 5.75 Å². The molecule has 0 saturated carbocycles. The Balaban J connectivity index is 1.32. The summed E-state index contributed by atoms with van der Waals surface area (Å²) in [6, 6.07) is 8.04. The molecular formula is C24H32N6O5. The number of nitrogens with zero attached hydrogens (tertiary/aromatic N) is 5. The number of hydrogen-bond donors (Lipinski definition) is 1. The number of carbonyl (C=O) groups is 1. The lowest BCUT2D eigenvalue weighted by atomic mass is 10.1. The molecule has 35 heavy (non-hydrogen) atoms. The van der Waals surface area contributed by atoms with Crippen molar-refractivity contribution in [3.63, 3.8) is 0 Å². The minimum Gasteiger partial charge on any atom is -0.492 e. The first kappa shape index (κ1) is 24.7. The number of likely N-dealkylation sites (N-methyl/N-ethyl adjacent to an activating group) is 1. The van der Waals surface area contributed by atoms with Crippen molar-refractivity contribution in [2.45, 2.75) is 32.0 Å². The first-order valence-corrected chi connectivity index (χ1v) is 11.7. The van der Waals surface area contributed by atoms with E-state index in [1.165, 1.54) is 17.9 Å². The molecule has 11 heteroatoms. The number of carbonyl (C=O) groups excluding carboxylic acids is 1. The molecule has 188 valence electrons. The highest BCUT2D eigenvalue weighted by molar-refractivity contribution is 5.76. The van der Waals surface area contributed by atoms with Gasteiger partial charge in [0.25, 0.3) is 5.56 Å². The SMILES string of the molecule is CN(CCOc1cccc(CNC(=O)Cn2c(=O)c3c(ncn3C)n(C)c2=O)c1)C1CCOCC1. The molecule has 1 N–H and O–H groups in total. The molecule has 1 aliphatic rings. The van der Waals surface area contributed by atoms with Gasteiger partial charge in [-0.1, -0.05) is 12.1 Å². The van der Waals surface area contributed by atoms with Gasteiger partial charge in [0.1, 0.15) is 18.9 Å². The van der Waals surface area contributed by atoms with Crippen LogP contribution < -0.4 is 21.3 Å². The molecule has 1 aliphatic heterocycles. The molecule has 1 amide bonds. The Hall–Kier alpha value is -3.44. The molecule has 1 saturated heterocycles. The Morgan fingerprint density at radius 1 is 1.26 bits per heavy atom. The van der Waals surface area contributed by atoms with Gasteiger partial charge in [0.15, 0.2) is 11.2 Å². The topological polar surface area (TPSA) is 113 Å². The number of ether oxygens (including phenoxy) is 2. The van der Waals surface area contributed by atoms with Crippen LogP contribution in [0.1, 0.15) is 18.4 Å². The summed E-state index contributed by atoms with van der Waals surface area (Å²) in [7, 11) is 5.30. The van der Waals surface area contributed by atoms with Crippen LogP contribution in [0.25, 0.3) is 11.2 Å². The maximum Gasteiger partial charge on any atom is 0.332 e. The van der Waals surface area contributed by atoms with Crippen molar-refractivity contribution in [1.82, 2.24) is 28.9 Å². The van der Waals surface area contributed by atoms with E-state index in [9.17, 15) is 14.4 Å². The summed E-state index contributed by atoms with van der Waals surface area (Å²) in [5.74, 6) is 0.291. The molecule has 0 spiro atoms. The Morgan fingerprint density at radius 2 is 2.03 bits per heavy atom. The minimum atomic E-state index is -0.586. The second-order valence-electron chi connectivity index (χ2n) is 8.86. The zero-order valence-electron chi connectivity index (χ0n) is 20.4. The molecule has 0 atom stereocenters. The predicted octanol–water partition coefficient (Wildman–Crippen LogP) is 0.240. The third-order valence-corrected chi connectivity index (χ3v) is 6.42. The van der Waals surface area contributed by atoms with Crippen LogP contribution in [0.4, 0.5) is 0 Å². The Morgan fingerprint density at radius 3 is 2.80 bits per heavy atom. The summed E-state index contributed by atoms with van der Waals surface area (Å²) < 4.78 is 15.1. The molecule has 3 heterocycles. The molecule has 2 aromatic heterocycles. The second kappa shape index (κ2) is 10.9. The van der Waals surface area contributed by atoms with Gasteiger partial charge in [-0.3, -0.25) is 19.1 Å².